The fraction of sp³-hybridized carbons (Fsp3) is 0.750. The van der Waals surface area contributed by atoms with Gasteiger partial charge in [0.1, 0.15) is 0 Å². The van der Waals surface area contributed by atoms with E-state index in [0.717, 1.165) is 36.0 Å². The molecular weight excluding hydrogens is 238 g/mol. The first-order valence-corrected chi connectivity index (χ1v) is 8.45. The van der Waals surface area contributed by atoms with E-state index in [9.17, 15) is 0 Å². The molecule has 0 spiro atoms. The second kappa shape index (κ2) is 4.35. The fourth-order valence-corrected chi connectivity index (χ4v) is 6.24. The Balaban J connectivity index is 1.50. The zero-order valence-corrected chi connectivity index (χ0v) is 11.7. The lowest BCUT2D eigenvalue weighted by Gasteiger charge is -2.56. The average molecular weight is 261 g/mol. The minimum absolute atomic E-state index is 0.415. The summed E-state index contributed by atoms with van der Waals surface area (Å²) in [7, 11) is 0. The highest BCUT2D eigenvalue weighted by atomic mass is 32.1. The van der Waals surface area contributed by atoms with Crippen LogP contribution in [0, 0.1) is 29.6 Å². The highest BCUT2D eigenvalue weighted by molar-refractivity contribution is 7.09. The molecule has 4 aliphatic rings. The summed E-state index contributed by atoms with van der Waals surface area (Å²) < 4.78 is 0. The first kappa shape index (κ1) is 11.5. The zero-order valence-electron chi connectivity index (χ0n) is 10.9. The van der Waals surface area contributed by atoms with Crippen LogP contribution in [0.1, 0.15) is 37.0 Å². The molecule has 18 heavy (non-hydrogen) atoms. The van der Waals surface area contributed by atoms with Crippen molar-refractivity contribution in [1.82, 2.24) is 0 Å². The molecule has 0 saturated heterocycles. The van der Waals surface area contributed by atoms with Gasteiger partial charge in [-0.05, 0) is 79.6 Å². The Labute approximate surface area is 114 Å². The molecule has 0 radical (unpaired) electrons. The van der Waals surface area contributed by atoms with E-state index in [4.69, 9.17) is 5.73 Å². The maximum absolute atomic E-state index is 6.60. The van der Waals surface area contributed by atoms with E-state index in [1.807, 2.05) is 11.3 Å². The highest BCUT2D eigenvalue weighted by Crippen LogP contribution is 2.57. The highest BCUT2D eigenvalue weighted by Gasteiger charge is 2.49. The maximum Gasteiger partial charge on any atom is 0.0121 e. The second-order valence-corrected chi connectivity index (χ2v) is 7.99. The molecule has 1 atom stereocenters. The lowest BCUT2D eigenvalue weighted by atomic mass is 9.50. The van der Waals surface area contributed by atoms with Gasteiger partial charge in [-0.3, -0.25) is 0 Å². The molecule has 2 N–H and O–H groups in total. The standard InChI is InChI=1S/C16H23NS/c17-15(9-14-2-1-3-18-14)16-12-5-10-4-11(7-12)8-13(16)6-10/h1-3,10-13,15-16H,4-9,17H2. The van der Waals surface area contributed by atoms with Crippen molar-refractivity contribution >= 4 is 11.3 Å². The van der Waals surface area contributed by atoms with Gasteiger partial charge in [0.25, 0.3) is 0 Å². The van der Waals surface area contributed by atoms with E-state index in [0.29, 0.717) is 6.04 Å². The van der Waals surface area contributed by atoms with Gasteiger partial charge in [-0.15, -0.1) is 11.3 Å². The van der Waals surface area contributed by atoms with Gasteiger partial charge in [0.2, 0.25) is 0 Å². The summed E-state index contributed by atoms with van der Waals surface area (Å²) in [5.74, 6) is 4.91. The van der Waals surface area contributed by atoms with Crippen LogP contribution in [0.2, 0.25) is 0 Å². The van der Waals surface area contributed by atoms with Crippen molar-refractivity contribution in [3.05, 3.63) is 22.4 Å². The van der Waals surface area contributed by atoms with E-state index >= 15 is 0 Å². The summed E-state index contributed by atoms with van der Waals surface area (Å²) in [5.41, 5.74) is 6.60. The van der Waals surface area contributed by atoms with Crippen LogP contribution in [0.5, 0.6) is 0 Å². The topological polar surface area (TPSA) is 26.0 Å². The molecule has 1 aromatic rings. The van der Waals surface area contributed by atoms with Crippen molar-refractivity contribution in [1.29, 1.82) is 0 Å². The van der Waals surface area contributed by atoms with E-state index in [1.165, 1.54) is 30.6 Å². The minimum Gasteiger partial charge on any atom is -0.327 e. The Kier molecular flexibility index (Phi) is 2.77. The van der Waals surface area contributed by atoms with Crippen LogP contribution < -0.4 is 5.73 Å². The van der Waals surface area contributed by atoms with Crippen molar-refractivity contribution in [3.63, 3.8) is 0 Å². The number of hydrogen-bond donors (Lipinski definition) is 1. The quantitative estimate of drug-likeness (QED) is 0.882. The Hall–Kier alpha value is -0.340. The second-order valence-electron chi connectivity index (χ2n) is 6.96. The molecule has 4 fully saturated rings. The number of thiophene rings is 1. The van der Waals surface area contributed by atoms with Gasteiger partial charge in [0.15, 0.2) is 0 Å². The molecule has 5 rings (SSSR count). The largest absolute Gasteiger partial charge is 0.327 e. The Morgan fingerprint density at radius 1 is 1.11 bits per heavy atom. The zero-order chi connectivity index (χ0) is 12.1. The molecule has 0 aromatic carbocycles. The fourth-order valence-electron chi connectivity index (χ4n) is 5.46. The van der Waals surface area contributed by atoms with Crippen LogP contribution >= 0.6 is 11.3 Å². The Morgan fingerprint density at radius 2 is 1.78 bits per heavy atom. The van der Waals surface area contributed by atoms with Crippen molar-refractivity contribution in [3.8, 4) is 0 Å². The third kappa shape index (κ3) is 1.85. The van der Waals surface area contributed by atoms with Gasteiger partial charge >= 0.3 is 0 Å². The number of hydrogen-bond acceptors (Lipinski definition) is 2. The van der Waals surface area contributed by atoms with Gasteiger partial charge in [0.05, 0.1) is 0 Å². The van der Waals surface area contributed by atoms with Gasteiger partial charge in [0, 0.05) is 10.9 Å². The summed E-state index contributed by atoms with van der Waals surface area (Å²) in [5, 5.41) is 2.18. The van der Waals surface area contributed by atoms with Crippen LogP contribution in [0.25, 0.3) is 0 Å². The summed E-state index contributed by atoms with van der Waals surface area (Å²) in [4.78, 5) is 1.48. The molecule has 4 saturated carbocycles. The van der Waals surface area contributed by atoms with Crippen LogP contribution in [-0.2, 0) is 6.42 Å². The first-order chi connectivity index (χ1) is 8.79. The van der Waals surface area contributed by atoms with Gasteiger partial charge < -0.3 is 5.73 Å². The van der Waals surface area contributed by atoms with Crippen LogP contribution in [0.15, 0.2) is 17.5 Å². The van der Waals surface area contributed by atoms with Crippen LogP contribution in [0.4, 0.5) is 0 Å². The first-order valence-electron chi connectivity index (χ1n) is 7.57. The lowest BCUT2D eigenvalue weighted by Crippen LogP contribution is -2.52. The van der Waals surface area contributed by atoms with Crippen LogP contribution in [-0.4, -0.2) is 6.04 Å². The molecule has 0 amide bonds. The SMILES string of the molecule is NC(Cc1cccs1)C1C2CC3CC(C2)CC1C3. The predicted molar refractivity (Wildman–Crippen MR) is 76.5 cm³/mol. The molecule has 1 heterocycles. The van der Waals surface area contributed by atoms with Crippen molar-refractivity contribution in [2.75, 3.05) is 0 Å². The van der Waals surface area contributed by atoms with Gasteiger partial charge in [-0.1, -0.05) is 6.07 Å². The van der Waals surface area contributed by atoms with Gasteiger partial charge in [-0.25, -0.2) is 0 Å². The Bertz CT molecular complexity index is 383. The number of nitrogens with two attached hydrogens (primary N) is 1. The molecule has 2 heteroatoms. The minimum atomic E-state index is 0.415. The van der Waals surface area contributed by atoms with Crippen molar-refractivity contribution in [2.24, 2.45) is 35.3 Å². The van der Waals surface area contributed by atoms with Gasteiger partial charge in [-0.2, -0.15) is 0 Å². The summed E-state index contributed by atoms with van der Waals surface area (Å²) in [6.45, 7) is 0. The summed E-state index contributed by atoms with van der Waals surface area (Å²) in [6.07, 6.45) is 8.64. The third-order valence-electron chi connectivity index (χ3n) is 5.81. The predicted octanol–water partition coefficient (Wildman–Crippen LogP) is 3.69. The summed E-state index contributed by atoms with van der Waals surface area (Å²) in [6, 6.07) is 4.82. The van der Waals surface area contributed by atoms with Crippen molar-refractivity contribution in [2.45, 2.75) is 44.6 Å². The lowest BCUT2D eigenvalue weighted by molar-refractivity contribution is -0.0464. The molecule has 98 valence electrons. The summed E-state index contributed by atoms with van der Waals surface area (Å²) >= 11 is 1.87. The van der Waals surface area contributed by atoms with Crippen molar-refractivity contribution < 1.29 is 0 Å². The third-order valence-corrected chi connectivity index (χ3v) is 6.71. The van der Waals surface area contributed by atoms with E-state index in [-0.39, 0.29) is 0 Å². The molecular formula is C16H23NS. The Morgan fingerprint density at radius 3 is 2.33 bits per heavy atom. The molecule has 1 nitrogen and oxygen atoms in total. The molecule has 4 bridgehead atoms. The molecule has 1 unspecified atom stereocenters. The molecule has 1 aromatic heterocycles. The van der Waals surface area contributed by atoms with E-state index < -0.39 is 0 Å². The average Bonchev–Trinajstić information content (AvgIpc) is 2.80. The van der Waals surface area contributed by atoms with E-state index in [2.05, 4.69) is 17.5 Å². The monoisotopic (exact) mass is 261 g/mol. The molecule has 4 aliphatic carbocycles. The number of rotatable bonds is 3. The smallest absolute Gasteiger partial charge is 0.0121 e. The van der Waals surface area contributed by atoms with E-state index in [1.54, 1.807) is 6.42 Å². The van der Waals surface area contributed by atoms with Crippen LogP contribution in [0.3, 0.4) is 0 Å². The normalized spacial score (nSPS) is 43.3. The maximum atomic E-state index is 6.60. The molecule has 0 aliphatic heterocycles.